The Labute approximate surface area is 112 Å². The molecule has 1 saturated carbocycles. The van der Waals surface area contributed by atoms with Crippen LogP contribution in [0.4, 0.5) is 0 Å². The van der Waals surface area contributed by atoms with Gasteiger partial charge in [0.2, 0.25) is 6.10 Å². The van der Waals surface area contributed by atoms with Gasteiger partial charge in [-0.05, 0) is 25.0 Å². The number of ether oxygens (including phenoxy) is 2. The standard InChI is InChI=1S/C14H18N2O3/c15-7-8-16(10-5-6-10)14(17)13-9-18-11-3-1-2-4-12(11)19-13/h1-4,10,13H,5-9,15H2. The number of carbonyl (C=O) groups is 1. The third-order valence-corrected chi connectivity index (χ3v) is 3.42. The fourth-order valence-corrected chi connectivity index (χ4v) is 2.32. The summed E-state index contributed by atoms with van der Waals surface area (Å²) in [5.74, 6) is 1.32. The zero-order chi connectivity index (χ0) is 13.2. The first-order valence-electron chi connectivity index (χ1n) is 6.68. The first-order chi connectivity index (χ1) is 9.29. The van der Waals surface area contributed by atoms with E-state index in [1.165, 1.54) is 0 Å². The van der Waals surface area contributed by atoms with Crippen molar-refractivity contribution in [2.75, 3.05) is 19.7 Å². The van der Waals surface area contributed by atoms with Gasteiger partial charge in [-0.1, -0.05) is 12.1 Å². The highest BCUT2D eigenvalue weighted by molar-refractivity contribution is 5.82. The van der Waals surface area contributed by atoms with E-state index in [-0.39, 0.29) is 12.5 Å². The highest BCUT2D eigenvalue weighted by Gasteiger charge is 2.38. The van der Waals surface area contributed by atoms with E-state index in [1.807, 2.05) is 29.2 Å². The maximum absolute atomic E-state index is 12.4. The van der Waals surface area contributed by atoms with Crippen LogP contribution in [-0.4, -0.2) is 42.6 Å². The molecule has 3 rings (SSSR count). The fourth-order valence-electron chi connectivity index (χ4n) is 2.32. The molecular formula is C14H18N2O3. The summed E-state index contributed by atoms with van der Waals surface area (Å²) < 4.78 is 11.3. The Morgan fingerprint density at radius 2 is 2.05 bits per heavy atom. The van der Waals surface area contributed by atoms with Crippen molar-refractivity contribution < 1.29 is 14.3 Å². The summed E-state index contributed by atoms with van der Waals surface area (Å²) in [6.07, 6.45) is 1.58. The van der Waals surface area contributed by atoms with E-state index in [9.17, 15) is 4.79 Å². The summed E-state index contributed by atoms with van der Waals surface area (Å²) >= 11 is 0. The third kappa shape index (κ3) is 2.51. The highest BCUT2D eigenvalue weighted by atomic mass is 16.6. The first kappa shape index (κ1) is 12.3. The molecule has 1 aliphatic heterocycles. The number of hydrogen-bond acceptors (Lipinski definition) is 4. The van der Waals surface area contributed by atoms with E-state index in [0.29, 0.717) is 30.6 Å². The molecule has 0 spiro atoms. The van der Waals surface area contributed by atoms with Gasteiger partial charge in [-0.25, -0.2) is 0 Å². The molecule has 1 atom stereocenters. The molecule has 1 fully saturated rings. The molecule has 2 aliphatic rings. The molecule has 5 nitrogen and oxygen atoms in total. The van der Waals surface area contributed by atoms with E-state index >= 15 is 0 Å². The van der Waals surface area contributed by atoms with Gasteiger partial charge >= 0.3 is 0 Å². The van der Waals surface area contributed by atoms with Gasteiger partial charge in [0.25, 0.3) is 5.91 Å². The second-order valence-electron chi connectivity index (χ2n) is 4.92. The molecule has 102 valence electrons. The Kier molecular flexibility index (Phi) is 3.29. The Bertz CT molecular complexity index is 474. The lowest BCUT2D eigenvalue weighted by molar-refractivity contribution is -0.141. The number of benzene rings is 1. The largest absolute Gasteiger partial charge is 0.485 e. The van der Waals surface area contributed by atoms with Crippen molar-refractivity contribution in [3.63, 3.8) is 0 Å². The van der Waals surface area contributed by atoms with Crippen molar-refractivity contribution >= 4 is 5.91 Å². The minimum Gasteiger partial charge on any atom is -0.485 e. The number of amides is 1. The summed E-state index contributed by atoms with van der Waals surface area (Å²) in [7, 11) is 0. The molecule has 1 amide bonds. The average molecular weight is 262 g/mol. The van der Waals surface area contributed by atoms with Crippen LogP contribution in [0.2, 0.25) is 0 Å². The fraction of sp³-hybridized carbons (Fsp3) is 0.500. The van der Waals surface area contributed by atoms with E-state index < -0.39 is 6.10 Å². The van der Waals surface area contributed by atoms with E-state index in [0.717, 1.165) is 12.8 Å². The number of rotatable bonds is 4. The topological polar surface area (TPSA) is 64.8 Å². The molecule has 0 aromatic heterocycles. The Hall–Kier alpha value is -1.75. The van der Waals surface area contributed by atoms with Gasteiger partial charge in [0.15, 0.2) is 11.5 Å². The summed E-state index contributed by atoms with van der Waals surface area (Å²) in [4.78, 5) is 14.3. The van der Waals surface area contributed by atoms with E-state index in [4.69, 9.17) is 15.2 Å². The zero-order valence-electron chi connectivity index (χ0n) is 10.7. The molecule has 2 N–H and O–H groups in total. The molecule has 0 saturated heterocycles. The molecule has 1 heterocycles. The van der Waals surface area contributed by atoms with Crippen molar-refractivity contribution in [3.05, 3.63) is 24.3 Å². The van der Waals surface area contributed by atoms with Gasteiger partial charge in [-0.15, -0.1) is 0 Å². The maximum atomic E-state index is 12.4. The number of nitrogens with two attached hydrogens (primary N) is 1. The van der Waals surface area contributed by atoms with Crippen molar-refractivity contribution in [3.8, 4) is 11.5 Å². The van der Waals surface area contributed by atoms with E-state index in [2.05, 4.69) is 0 Å². The lowest BCUT2D eigenvalue weighted by atomic mass is 10.2. The van der Waals surface area contributed by atoms with Crippen LogP contribution in [-0.2, 0) is 4.79 Å². The molecule has 5 heteroatoms. The molecule has 1 aromatic carbocycles. The summed E-state index contributed by atoms with van der Waals surface area (Å²) in [6, 6.07) is 7.76. The first-order valence-corrected chi connectivity index (χ1v) is 6.68. The lowest BCUT2D eigenvalue weighted by Crippen LogP contribution is -2.48. The monoisotopic (exact) mass is 262 g/mol. The van der Waals surface area contributed by atoms with Gasteiger partial charge in [-0.2, -0.15) is 0 Å². The predicted molar refractivity (Wildman–Crippen MR) is 70.1 cm³/mol. The van der Waals surface area contributed by atoms with Crippen LogP contribution < -0.4 is 15.2 Å². The second-order valence-corrected chi connectivity index (χ2v) is 4.92. The van der Waals surface area contributed by atoms with Crippen LogP contribution >= 0.6 is 0 Å². The Morgan fingerprint density at radius 1 is 1.32 bits per heavy atom. The number of carbonyl (C=O) groups excluding carboxylic acids is 1. The number of fused-ring (bicyclic) bond motifs is 1. The summed E-state index contributed by atoms with van der Waals surface area (Å²) in [5, 5.41) is 0. The van der Waals surface area contributed by atoms with Crippen LogP contribution in [0.3, 0.4) is 0 Å². The molecular weight excluding hydrogens is 244 g/mol. The number of nitrogens with zero attached hydrogens (tertiary/aromatic N) is 1. The van der Waals surface area contributed by atoms with Crippen molar-refractivity contribution in [1.82, 2.24) is 4.90 Å². The van der Waals surface area contributed by atoms with Crippen LogP contribution in [0.5, 0.6) is 11.5 Å². The van der Waals surface area contributed by atoms with Crippen molar-refractivity contribution in [1.29, 1.82) is 0 Å². The van der Waals surface area contributed by atoms with Gasteiger partial charge in [0, 0.05) is 19.1 Å². The lowest BCUT2D eigenvalue weighted by Gasteiger charge is -2.30. The molecule has 0 bridgehead atoms. The van der Waals surface area contributed by atoms with E-state index in [1.54, 1.807) is 0 Å². The molecule has 0 radical (unpaired) electrons. The van der Waals surface area contributed by atoms with Gasteiger partial charge < -0.3 is 20.1 Å². The van der Waals surface area contributed by atoms with Gasteiger partial charge in [0.1, 0.15) is 6.61 Å². The van der Waals surface area contributed by atoms with Crippen molar-refractivity contribution in [2.24, 2.45) is 5.73 Å². The Balaban J connectivity index is 1.71. The minimum absolute atomic E-state index is 0.0116. The third-order valence-electron chi connectivity index (χ3n) is 3.42. The van der Waals surface area contributed by atoms with Gasteiger partial charge in [0.05, 0.1) is 0 Å². The summed E-state index contributed by atoms with van der Waals surface area (Å²) in [6.45, 7) is 1.33. The minimum atomic E-state index is -0.554. The smallest absolute Gasteiger partial charge is 0.267 e. The van der Waals surface area contributed by atoms with Crippen LogP contribution in [0.15, 0.2) is 24.3 Å². The molecule has 1 aromatic rings. The predicted octanol–water partition coefficient (Wildman–Crippen LogP) is 0.776. The molecule has 1 aliphatic carbocycles. The Morgan fingerprint density at radius 3 is 2.74 bits per heavy atom. The zero-order valence-corrected chi connectivity index (χ0v) is 10.7. The number of para-hydroxylation sites is 2. The quantitative estimate of drug-likeness (QED) is 0.870. The molecule has 19 heavy (non-hydrogen) atoms. The normalized spacial score (nSPS) is 21.0. The highest BCUT2D eigenvalue weighted by Crippen LogP contribution is 2.33. The maximum Gasteiger partial charge on any atom is 0.267 e. The average Bonchev–Trinajstić information content (AvgIpc) is 3.28. The van der Waals surface area contributed by atoms with Crippen LogP contribution in [0.1, 0.15) is 12.8 Å². The second kappa shape index (κ2) is 5.09. The van der Waals surface area contributed by atoms with Crippen molar-refractivity contribution in [2.45, 2.75) is 25.0 Å². The van der Waals surface area contributed by atoms with Gasteiger partial charge in [-0.3, -0.25) is 4.79 Å². The molecule has 1 unspecified atom stereocenters. The summed E-state index contributed by atoms with van der Waals surface area (Å²) in [5.41, 5.74) is 5.57. The SMILES string of the molecule is NCCN(C(=O)C1COc2ccccc2O1)C1CC1. The number of hydrogen-bond donors (Lipinski definition) is 1. The van der Waals surface area contributed by atoms with Crippen LogP contribution in [0, 0.1) is 0 Å². The van der Waals surface area contributed by atoms with Crippen LogP contribution in [0.25, 0.3) is 0 Å².